The van der Waals surface area contributed by atoms with Gasteiger partial charge in [-0.1, -0.05) is 66.7 Å². The zero-order valence-corrected chi connectivity index (χ0v) is 19.3. The van der Waals surface area contributed by atoms with Crippen LogP contribution < -0.4 is 4.74 Å². The summed E-state index contributed by atoms with van der Waals surface area (Å²) < 4.78 is 49.0. The van der Waals surface area contributed by atoms with E-state index in [4.69, 9.17) is 4.74 Å². The Kier molecular flexibility index (Phi) is 6.06. The Labute approximate surface area is 205 Å². The Bertz CT molecular complexity index is 1560. The number of rotatable bonds is 6. The molecule has 0 aliphatic heterocycles. The van der Waals surface area contributed by atoms with Crippen LogP contribution in [0, 0.1) is 0 Å². The number of fused-ring (bicyclic) bond motifs is 1. The van der Waals surface area contributed by atoms with Crippen molar-refractivity contribution >= 4 is 16.7 Å². The zero-order chi connectivity index (χ0) is 25.3. The van der Waals surface area contributed by atoms with E-state index in [-0.39, 0.29) is 11.3 Å². The third kappa shape index (κ3) is 4.60. The molecule has 7 heteroatoms. The van der Waals surface area contributed by atoms with Crippen molar-refractivity contribution in [1.29, 1.82) is 0 Å². The summed E-state index contributed by atoms with van der Waals surface area (Å²) in [6.45, 7) is 1.76. The van der Waals surface area contributed by atoms with Crippen molar-refractivity contribution in [3.63, 3.8) is 0 Å². The van der Waals surface area contributed by atoms with Gasteiger partial charge in [0.1, 0.15) is 17.0 Å². The average molecular weight is 486 g/mol. The van der Waals surface area contributed by atoms with Gasteiger partial charge in [0.25, 0.3) is 0 Å². The van der Waals surface area contributed by atoms with Crippen molar-refractivity contribution in [3.05, 3.63) is 114 Å². The van der Waals surface area contributed by atoms with Gasteiger partial charge in [0.2, 0.25) is 0 Å². The van der Waals surface area contributed by atoms with E-state index in [1.165, 1.54) is 13.0 Å². The summed E-state index contributed by atoms with van der Waals surface area (Å²) in [7, 11) is 0. The number of ether oxygens (including phenoxy) is 1. The van der Waals surface area contributed by atoms with Crippen LogP contribution in [0.15, 0.2) is 97.1 Å². The van der Waals surface area contributed by atoms with E-state index >= 15 is 0 Å². The second kappa shape index (κ2) is 9.34. The lowest BCUT2D eigenvalue weighted by molar-refractivity contribution is -0.136. The number of benzene rings is 4. The monoisotopic (exact) mass is 486 g/mol. The molecule has 0 saturated heterocycles. The lowest BCUT2D eigenvalue weighted by Gasteiger charge is -2.12. The Morgan fingerprint density at radius 2 is 1.61 bits per heavy atom. The maximum absolute atomic E-state index is 13.8. The number of alkyl halides is 3. The lowest BCUT2D eigenvalue weighted by Crippen LogP contribution is -2.06. The molecule has 0 amide bonds. The van der Waals surface area contributed by atoms with E-state index in [1.807, 2.05) is 36.4 Å². The number of carbonyl (C=O) groups excluding carboxylic acids is 1. The molecule has 36 heavy (non-hydrogen) atoms. The van der Waals surface area contributed by atoms with Gasteiger partial charge >= 0.3 is 6.18 Å². The molecule has 0 saturated carbocycles. The second-order valence-corrected chi connectivity index (χ2v) is 8.37. The number of nitrogens with zero attached hydrogens (tertiary/aromatic N) is 2. The minimum atomic E-state index is -4.54. The van der Waals surface area contributed by atoms with Crippen LogP contribution in [0.4, 0.5) is 13.2 Å². The molecule has 0 aliphatic rings. The normalized spacial score (nSPS) is 11.6. The number of halogens is 3. The van der Waals surface area contributed by atoms with Gasteiger partial charge in [-0.25, -0.2) is 0 Å². The molecule has 0 radical (unpaired) electrons. The highest BCUT2D eigenvalue weighted by Crippen LogP contribution is 2.39. The molecule has 0 spiro atoms. The SMILES string of the molecule is CC(=O)c1ccccc1Oc1cccc(-c2c3cccc(C(F)(F)F)c3nn2Cc2ccccc2)c1. The highest BCUT2D eigenvalue weighted by atomic mass is 19.4. The molecule has 5 aromatic rings. The van der Waals surface area contributed by atoms with Gasteiger partial charge in [-0.2, -0.15) is 18.3 Å². The van der Waals surface area contributed by atoms with Crippen LogP contribution in [0.5, 0.6) is 11.5 Å². The first-order valence-electron chi connectivity index (χ1n) is 11.3. The van der Waals surface area contributed by atoms with Crippen LogP contribution in [-0.2, 0) is 12.7 Å². The van der Waals surface area contributed by atoms with Crippen LogP contribution in [0.1, 0.15) is 28.4 Å². The van der Waals surface area contributed by atoms with E-state index in [9.17, 15) is 18.0 Å². The number of hydrogen-bond acceptors (Lipinski definition) is 3. The third-order valence-electron chi connectivity index (χ3n) is 5.85. The Balaban J connectivity index is 1.65. The fraction of sp³-hybridized carbons (Fsp3) is 0.103. The number of ketones is 1. The topological polar surface area (TPSA) is 44.1 Å². The van der Waals surface area contributed by atoms with E-state index in [2.05, 4.69) is 5.10 Å². The van der Waals surface area contributed by atoms with Crippen LogP contribution in [0.25, 0.3) is 22.2 Å². The van der Waals surface area contributed by atoms with Crippen molar-refractivity contribution in [2.24, 2.45) is 0 Å². The van der Waals surface area contributed by atoms with E-state index in [1.54, 1.807) is 53.2 Å². The third-order valence-corrected chi connectivity index (χ3v) is 5.85. The summed E-state index contributed by atoms with van der Waals surface area (Å²) in [5.74, 6) is 0.728. The minimum absolute atomic E-state index is 0.107. The van der Waals surface area contributed by atoms with Crippen molar-refractivity contribution in [3.8, 4) is 22.8 Å². The highest BCUT2D eigenvalue weighted by molar-refractivity contribution is 5.97. The molecule has 0 aliphatic carbocycles. The molecule has 5 rings (SSSR count). The van der Waals surface area contributed by atoms with E-state index < -0.39 is 11.7 Å². The van der Waals surface area contributed by atoms with Gasteiger partial charge in [-0.15, -0.1) is 0 Å². The Morgan fingerprint density at radius 1 is 0.889 bits per heavy atom. The van der Waals surface area contributed by atoms with Gasteiger partial charge in [0, 0.05) is 10.9 Å². The molecule has 4 nitrogen and oxygen atoms in total. The molecule has 1 aromatic heterocycles. The number of aromatic nitrogens is 2. The second-order valence-electron chi connectivity index (χ2n) is 8.37. The number of hydrogen-bond donors (Lipinski definition) is 0. The molecule has 0 bridgehead atoms. The standard InChI is InChI=1S/C29H21F3N2O2/c1-19(35)23-13-5-6-16-26(23)36-22-12-7-11-21(17-22)28-24-14-8-15-25(29(30,31)32)27(24)33-34(28)18-20-9-3-2-4-10-20/h2-17H,18H2,1H3. The van der Waals surface area contributed by atoms with E-state index in [0.29, 0.717) is 40.3 Å². The smallest absolute Gasteiger partial charge is 0.418 e. The zero-order valence-electron chi connectivity index (χ0n) is 19.3. The summed E-state index contributed by atoms with van der Waals surface area (Å²) in [6.07, 6.45) is -4.54. The van der Waals surface area contributed by atoms with Crippen LogP contribution in [0.3, 0.4) is 0 Å². The van der Waals surface area contributed by atoms with Crippen LogP contribution in [-0.4, -0.2) is 15.6 Å². The first-order chi connectivity index (χ1) is 17.3. The molecule has 4 aromatic carbocycles. The quantitative estimate of drug-likeness (QED) is 0.230. The van der Waals surface area contributed by atoms with Crippen molar-refractivity contribution in [1.82, 2.24) is 9.78 Å². The van der Waals surface area contributed by atoms with E-state index in [0.717, 1.165) is 11.6 Å². The van der Waals surface area contributed by atoms with Gasteiger partial charge < -0.3 is 4.74 Å². The fourth-order valence-electron chi connectivity index (χ4n) is 4.24. The number of Topliss-reactive ketones (excluding diaryl/α,β-unsaturated/α-hetero) is 1. The highest BCUT2D eigenvalue weighted by Gasteiger charge is 2.34. The fourth-order valence-corrected chi connectivity index (χ4v) is 4.24. The number of carbonyl (C=O) groups is 1. The summed E-state index contributed by atoms with van der Waals surface area (Å²) in [5, 5.41) is 4.80. The van der Waals surface area contributed by atoms with Gasteiger partial charge in [-0.3, -0.25) is 9.48 Å². The molecular formula is C29H21F3N2O2. The summed E-state index contributed by atoms with van der Waals surface area (Å²) >= 11 is 0. The molecule has 0 fully saturated rings. The van der Waals surface area contributed by atoms with Gasteiger partial charge in [0.05, 0.1) is 23.4 Å². The molecule has 180 valence electrons. The molecule has 1 heterocycles. The van der Waals surface area contributed by atoms with Crippen molar-refractivity contribution in [2.75, 3.05) is 0 Å². The summed E-state index contributed by atoms with van der Waals surface area (Å²) in [5.41, 5.74) is 1.65. The lowest BCUT2D eigenvalue weighted by atomic mass is 10.0. The van der Waals surface area contributed by atoms with Crippen LogP contribution in [0.2, 0.25) is 0 Å². The maximum Gasteiger partial charge on any atom is 0.418 e. The van der Waals surface area contributed by atoms with Gasteiger partial charge in [0.15, 0.2) is 5.78 Å². The average Bonchev–Trinajstić information content (AvgIpc) is 3.22. The largest absolute Gasteiger partial charge is 0.457 e. The maximum atomic E-state index is 13.8. The Hall–Kier alpha value is -4.39. The minimum Gasteiger partial charge on any atom is -0.457 e. The summed E-state index contributed by atoms with van der Waals surface area (Å²) in [6, 6.07) is 27.5. The predicted octanol–water partition coefficient (Wildman–Crippen LogP) is 7.77. The molecule has 0 unspecified atom stereocenters. The first kappa shape index (κ1) is 23.4. The van der Waals surface area contributed by atoms with Crippen LogP contribution >= 0.6 is 0 Å². The van der Waals surface area contributed by atoms with Crippen molar-refractivity contribution < 1.29 is 22.7 Å². The Morgan fingerprint density at radius 3 is 2.36 bits per heavy atom. The van der Waals surface area contributed by atoms with Gasteiger partial charge in [-0.05, 0) is 42.8 Å². The molecule has 0 N–H and O–H groups in total. The first-order valence-corrected chi connectivity index (χ1v) is 11.3. The summed E-state index contributed by atoms with van der Waals surface area (Å²) in [4.78, 5) is 12.0. The molecular weight excluding hydrogens is 465 g/mol. The molecule has 0 atom stereocenters. The number of para-hydroxylation sites is 1. The predicted molar refractivity (Wildman–Crippen MR) is 132 cm³/mol. The van der Waals surface area contributed by atoms with Crippen molar-refractivity contribution in [2.45, 2.75) is 19.6 Å².